The van der Waals surface area contributed by atoms with Crippen LogP contribution in [0, 0.1) is 5.92 Å². The van der Waals surface area contributed by atoms with Crippen molar-refractivity contribution in [3.05, 3.63) is 46.7 Å². The summed E-state index contributed by atoms with van der Waals surface area (Å²) in [5.74, 6) is 0.624. The Bertz CT molecular complexity index is 843. The minimum atomic E-state index is -0.0750. The van der Waals surface area contributed by atoms with Gasteiger partial charge in [0.25, 0.3) is 5.91 Å². The molecule has 0 aliphatic carbocycles. The lowest BCUT2D eigenvalue weighted by molar-refractivity contribution is 0.0124. The molecule has 0 spiro atoms. The van der Waals surface area contributed by atoms with E-state index in [1.54, 1.807) is 6.20 Å². The number of nitrogens with zero attached hydrogens (tertiary/aromatic N) is 3. The van der Waals surface area contributed by atoms with Crippen molar-refractivity contribution in [3.63, 3.8) is 0 Å². The summed E-state index contributed by atoms with van der Waals surface area (Å²) >= 11 is 6.16. The lowest BCUT2D eigenvalue weighted by atomic mass is 10.0. The van der Waals surface area contributed by atoms with Crippen molar-refractivity contribution in [2.45, 2.75) is 46.1 Å². The number of benzene rings is 1. The second-order valence-corrected chi connectivity index (χ2v) is 9.07. The molecule has 6 nitrogen and oxygen atoms in total. The molecule has 1 fully saturated rings. The molecule has 1 aromatic carbocycles. The van der Waals surface area contributed by atoms with E-state index < -0.39 is 0 Å². The first kappa shape index (κ1) is 22.8. The Kier molecular flexibility index (Phi) is 7.92. The second-order valence-electron chi connectivity index (χ2n) is 8.63. The quantitative estimate of drug-likeness (QED) is 0.681. The van der Waals surface area contributed by atoms with Gasteiger partial charge in [0.05, 0.1) is 36.4 Å². The summed E-state index contributed by atoms with van der Waals surface area (Å²) < 4.78 is 7.31. The molecular formula is C23H33ClN4O2. The van der Waals surface area contributed by atoms with Gasteiger partial charge in [-0.25, -0.2) is 4.68 Å². The summed E-state index contributed by atoms with van der Waals surface area (Å²) in [6.45, 7) is 12.6. The minimum absolute atomic E-state index is 0.0750. The number of carbonyl (C=O) groups is 1. The average Bonchev–Trinajstić information content (AvgIpc) is 3.17. The zero-order valence-electron chi connectivity index (χ0n) is 18.4. The maximum atomic E-state index is 13.1. The Morgan fingerprint density at radius 2 is 1.97 bits per heavy atom. The van der Waals surface area contributed by atoms with Crippen molar-refractivity contribution in [2.24, 2.45) is 5.92 Å². The molecule has 1 aliphatic heterocycles. The Morgan fingerprint density at radius 1 is 1.23 bits per heavy atom. The van der Waals surface area contributed by atoms with Crippen LogP contribution >= 0.6 is 11.6 Å². The normalized spacial score (nSPS) is 16.2. The molecule has 2 heterocycles. The highest BCUT2D eigenvalue weighted by Gasteiger charge is 2.25. The van der Waals surface area contributed by atoms with Crippen LogP contribution in [-0.2, 0) is 4.74 Å². The lowest BCUT2D eigenvalue weighted by Crippen LogP contribution is -2.49. The van der Waals surface area contributed by atoms with Crippen LogP contribution in [0.1, 0.15) is 56.1 Å². The first-order chi connectivity index (χ1) is 14.4. The van der Waals surface area contributed by atoms with Gasteiger partial charge < -0.3 is 10.1 Å². The third kappa shape index (κ3) is 5.62. The van der Waals surface area contributed by atoms with Gasteiger partial charge in [0, 0.05) is 30.7 Å². The van der Waals surface area contributed by atoms with E-state index >= 15 is 0 Å². The van der Waals surface area contributed by atoms with Crippen molar-refractivity contribution >= 4 is 17.5 Å². The van der Waals surface area contributed by atoms with Crippen molar-refractivity contribution in [3.8, 4) is 5.69 Å². The molecule has 3 rings (SSSR count). The molecule has 164 valence electrons. The molecule has 2 aromatic rings. The number of morpholine rings is 1. The highest BCUT2D eigenvalue weighted by atomic mass is 35.5. The summed E-state index contributed by atoms with van der Waals surface area (Å²) in [7, 11) is 0. The predicted molar refractivity (Wildman–Crippen MR) is 121 cm³/mol. The van der Waals surface area contributed by atoms with Gasteiger partial charge in [-0.2, -0.15) is 5.10 Å². The number of nitrogens with one attached hydrogen (secondary N) is 1. The number of halogens is 1. The molecule has 0 radical (unpaired) electrons. The van der Waals surface area contributed by atoms with Crippen LogP contribution in [-0.4, -0.2) is 59.5 Å². The molecule has 1 atom stereocenters. The van der Waals surface area contributed by atoms with E-state index in [1.165, 1.54) is 0 Å². The van der Waals surface area contributed by atoms with Gasteiger partial charge in [-0.05, 0) is 36.5 Å². The Balaban J connectivity index is 1.77. The molecular weight excluding hydrogens is 400 g/mol. The third-order valence-corrected chi connectivity index (χ3v) is 5.69. The molecule has 7 heteroatoms. The molecule has 1 saturated heterocycles. The van der Waals surface area contributed by atoms with Gasteiger partial charge >= 0.3 is 0 Å². The number of amides is 1. The summed E-state index contributed by atoms with van der Waals surface area (Å²) in [5.41, 5.74) is 2.37. The van der Waals surface area contributed by atoms with Crippen molar-refractivity contribution in [2.75, 3.05) is 32.8 Å². The van der Waals surface area contributed by atoms with E-state index in [0.29, 0.717) is 29.1 Å². The van der Waals surface area contributed by atoms with Gasteiger partial charge in [0.1, 0.15) is 0 Å². The first-order valence-electron chi connectivity index (χ1n) is 10.8. The molecule has 1 amide bonds. The van der Waals surface area contributed by atoms with Crippen molar-refractivity contribution in [1.29, 1.82) is 0 Å². The van der Waals surface area contributed by atoms with Crippen LogP contribution in [0.2, 0.25) is 5.02 Å². The Hall–Kier alpha value is -1.89. The monoisotopic (exact) mass is 432 g/mol. The van der Waals surface area contributed by atoms with Gasteiger partial charge in [0.2, 0.25) is 0 Å². The fraction of sp³-hybridized carbons (Fsp3) is 0.565. The topological polar surface area (TPSA) is 59.4 Å². The van der Waals surface area contributed by atoms with E-state index in [1.807, 2.05) is 28.9 Å². The largest absolute Gasteiger partial charge is 0.379 e. The van der Waals surface area contributed by atoms with E-state index in [2.05, 4.69) is 43.0 Å². The van der Waals surface area contributed by atoms with Crippen LogP contribution in [0.3, 0.4) is 0 Å². The van der Waals surface area contributed by atoms with Crippen LogP contribution in [0.15, 0.2) is 30.5 Å². The molecule has 30 heavy (non-hydrogen) atoms. The fourth-order valence-corrected chi connectivity index (χ4v) is 4.24. The zero-order chi connectivity index (χ0) is 21.7. The van der Waals surface area contributed by atoms with E-state index in [0.717, 1.165) is 44.1 Å². The maximum absolute atomic E-state index is 13.1. The Labute approximate surface area is 184 Å². The average molecular weight is 433 g/mol. The standard InChI is InChI=1S/C23H33ClN4O2/c1-16(2)12-20(27-8-10-30-11-9-27)14-25-23(29)21-15-26-28(22(21)17(3)4)19-7-5-6-18(24)13-19/h5-7,13,15-17,20H,8-12,14H2,1-4H3,(H,25,29). The maximum Gasteiger partial charge on any atom is 0.254 e. The fourth-order valence-electron chi connectivity index (χ4n) is 4.06. The molecule has 1 aromatic heterocycles. The first-order valence-corrected chi connectivity index (χ1v) is 11.2. The van der Waals surface area contributed by atoms with Gasteiger partial charge in [-0.1, -0.05) is 45.4 Å². The van der Waals surface area contributed by atoms with Crippen LogP contribution in [0.5, 0.6) is 0 Å². The number of hydrogen-bond acceptors (Lipinski definition) is 4. The second kappa shape index (κ2) is 10.4. The molecule has 1 unspecified atom stereocenters. The van der Waals surface area contributed by atoms with E-state index in [4.69, 9.17) is 16.3 Å². The van der Waals surface area contributed by atoms with Crippen LogP contribution in [0.4, 0.5) is 0 Å². The van der Waals surface area contributed by atoms with Crippen molar-refractivity contribution < 1.29 is 9.53 Å². The highest BCUT2D eigenvalue weighted by Crippen LogP contribution is 2.24. The summed E-state index contributed by atoms with van der Waals surface area (Å²) in [6.07, 6.45) is 2.71. The zero-order valence-corrected chi connectivity index (χ0v) is 19.2. The van der Waals surface area contributed by atoms with Crippen LogP contribution in [0.25, 0.3) is 5.69 Å². The van der Waals surface area contributed by atoms with Crippen LogP contribution < -0.4 is 5.32 Å². The lowest BCUT2D eigenvalue weighted by Gasteiger charge is -2.35. The third-order valence-electron chi connectivity index (χ3n) is 5.45. The van der Waals surface area contributed by atoms with Gasteiger partial charge in [-0.3, -0.25) is 9.69 Å². The number of aromatic nitrogens is 2. The van der Waals surface area contributed by atoms with E-state index in [-0.39, 0.29) is 11.8 Å². The molecule has 1 aliphatic rings. The number of hydrogen-bond donors (Lipinski definition) is 1. The molecule has 0 saturated carbocycles. The highest BCUT2D eigenvalue weighted by molar-refractivity contribution is 6.30. The smallest absolute Gasteiger partial charge is 0.254 e. The number of carbonyl (C=O) groups excluding carboxylic acids is 1. The summed E-state index contributed by atoms with van der Waals surface area (Å²) in [6, 6.07) is 7.84. The molecule has 1 N–H and O–H groups in total. The summed E-state index contributed by atoms with van der Waals surface area (Å²) in [4.78, 5) is 15.6. The summed E-state index contributed by atoms with van der Waals surface area (Å²) in [5, 5.41) is 8.32. The Morgan fingerprint density at radius 3 is 2.60 bits per heavy atom. The minimum Gasteiger partial charge on any atom is -0.379 e. The van der Waals surface area contributed by atoms with Gasteiger partial charge in [0.15, 0.2) is 0 Å². The molecule has 0 bridgehead atoms. The van der Waals surface area contributed by atoms with Crippen molar-refractivity contribution in [1.82, 2.24) is 20.0 Å². The number of ether oxygens (including phenoxy) is 1. The SMILES string of the molecule is CC(C)CC(CNC(=O)c1cnn(-c2cccc(Cl)c2)c1C(C)C)N1CCOCC1. The number of rotatable bonds is 8. The van der Waals surface area contributed by atoms with Gasteiger partial charge in [-0.15, -0.1) is 0 Å². The predicted octanol–water partition coefficient (Wildman–Crippen LogP) is 4.13. The van der Waals surface area contributed by atoms with E-state index in [9.17, 15) is 4.79 Å².